The van der Waals surface area contributed by atoms with Gasteiger partial charge in [0, 0.05) is 21.5 Å². The fourth-order valence-corrected chi connectivity index (χ4v) is 7.09. The Bertz CT molecular complexity index is 2470. The fourth-order valence-electron chi connectivity index (χ4n) is 7.09. The predicted octanol–water partition coefficient (Wildman–Crippen LogP) is 15.0. The number of benzene rings is 6. The minimum Gasteiger partial charge on any atom is -0.496 e. The van der Waals surface area contributed by atoms with Crippen molar-refractivity contribution in [3.8, 4) is 28.7 Å². The first-order chi connectivity index (χ1) is 26.6. The van der Waals surface area contributed by atoms with Gasteiger partial charge in [0.1, 0.15) is 51.1 Å². The molecule has 0 saturated heterocycles. The predicted molar refractivity (Wildman–Crippen MR) is 228 cm³/mol. The van der Waals surface area contributed by atoms with E-state index < -0.39 is 0 Å². The Morgan fingerprint density at radius 3 is 1.16 bits per heavy atom. The third-order valence-corrected chi connectivity index (χ3v) is 10.6. The van der Waals surface area contributed by atoms with Crippen LogP contribution in [0.3, 0.4) is 0 Å². The zero-order chi connectivity index (χ0) is 38.6. The van der Waals surface area contributed by atoms with Crippen molar-refractivity contribution in [2.75, 3.05) is 7.11 Å². The number of unbranched alkanes of at least 4 members (excludes halogenated alkanes) is 2. The maximum atomic E-state index is 6.31. The van der Waals surface area contributed by atoms with Crippen LogP contribution in [0.15, 0.2) is 106 Å². The zero-order valence-electron chi connectivity index (χ0n) is 33.5. The molecule has 0 bridgehead atoms. The third kappa shape index (κ3) is 8.22. The lowest BCUT2D eigenvalue weighted by molar-refractivity contribution is 0.412. The van der Waals surface area contributed by atoms with Crippen LogP contribution in [0, 0.1) is 34.6 Å². The molecule has 0 unspecified atom stereocenters. The van der Waals surface area contributed by atoms with Crippen molar-refractivity contribution >= 4 is 43.9 Å². The molecule has 5 nitrogen and oxygen atoms in total. The molecule has 5 heteroatoms. The molecule has 8 rings (SSSR count). The van der Waals surface area contributed by atoms with Crippen molar-refractivity contribution in [3.05, 3.63) is 136 Å². The molecule has 55 heavy (non-hydrogen) atoms. The van der Waals surface area contributed by atoms with E-state index in [0.717, 1.165) is 102 Å². The number of rotatable bonds is 11. The van der Waals surface area contributed by atoms with E-state index in [1.165, 1.54) is 47.9 Å². The van der Waals surface area contributed by atoms with Crippen LogP contribution in [0.4, 0.5) is 0 Å². The molecule has 0 saturated carbocycles. The molecule has 8 aromatic rings. The van der Waals surface area contributed by atoms with Gasteiger partial charge in [-0.25, -0.2) is 0 Å². The highest BCUT2D eigenvalue weighted by Crippen LogP contribution is 2.39. The van der Waals surface area contributed by atoms with E-state index in [0.29, 0.717) is 0 Å². The van der Waals surface area contributed by atoms with Crippen LogP contribution in [0.5, 0.6) is 28.7 Å². The van der Waals surface area contributed by atoms with Crippen LogP contribution in [0.1, 0.15) is 78.5 Å². The van der Waals surface area contributed by atoms with E-state index in [-0.39, 0.29) is 0 Å². The molecule has 0 amide bonds. The lowest BCUT2D eigenvalue weighted by Gasteiger charge is -2.10. The van der Waals surface area contributed by atoms with Crippen LogP contribution in [0.2, 0.25) is 0 Å². The molecule has 0 atom stereocenters. The second-order valence-electron chi connectivity index (χ2n) is 14.9. The van der Waals surface area contributed by atoms with Gasteiger partial charge < -0.3 is 23.0 Å². The maximum Gasteiger partial charge on any atom is 0.135 e. The third-order valence-electron chi connectivity index (χ3n) is 10.6. The van der Waals surface area contributed by atoms with Crippen LogP contribution in [0.25, 0.3) is 43.9 Å². The Hall–Kier alpha value is -5.68. The Balaban J connectivity index is 0.000000215. The van der Waals surface area contributed by atoms with E-state index in [9.17, 15) is 0 Å². The van der Waals surface area contributed by atoms with Gasteiger partial charge in [-0.2, -0.15) is 0 Å². The normalized spacial score (nSPS) is 11.3. The van der Waals surface area contributed by atoms with Crippen molar-refractivity contribution in [2.45, 2.75) is 87.0 Å². The monoisotopic (exact) mass is 732 g/mol. The van der Waals surface area contributed by atoms with Gasteiger partial charge in [-0.3, -0.25) is 0 Å². The number of fused-ring (bicyclic) bond motifs is 6. The standard InChI is InChI=1S/C34H36O3.C16H16O2/c1-5-7-9-25-11-15-27(16-12-25)35-31-21-29-30-22-32(24(4)20-34(30)37-33(29)19-23(31)3)36-28-17-13-26(14-18-28)10-8-6-2;1-9-5-12-13-8-14(17-4)11(3)7-16(13)18-15(12)6-10(9)2/h11-22H,5-10H2,1-4H3;5-8H,1-4H3. The summed E-state index contributed by atoms with van der Waals surface area (Å²) < 4.78 is 30.1. The van der Waals surface area contributed by atoms with Crippen LogP contribution < -0.4 is 14.2 Å². The number of hydrogen-bond acceptors (Lipinski definition) is 5. The molecule has 282 valence electrons. The van der Waals surface area contributed by atoms with Gasteiger partial charge >= 0.3 is 0 Å². The first-order valence-corrected chi connectivity index (χ1v) is 19.6. The average Bonchev–Trinajstić information content (AvgIpc) is 3.69. The molecule has 0 spiro atoms. The molecule has 0 aliphatic rings. The molecule has 0 fully saturated rings. The average molecular weight is 733 g/mol. The Kier molecular flexibility index (Phi) is 11.2. The molecular formula is C50H52O5. The largest absolute Gasteiger partial charge is 0.496 e. The number of methoxy groups -OCH3 is 1. The highest BCUT2D eigenvalue weighted by molar-refractivity contribution is 6.07. The number of hydrogen-bond donors (Lipinski definition) is 0. The van der Waals surface area contributed by atoms with Crippen LogP contribution in [-0.2, 0) is 12.8 Å². The molecule has 0 N–H and O–H groups in total. The molecule has 6 aromatic carbocycles. The highest BCUT2D eigenvalue weighted by atomic mass is 16.5. The number of aryl methyl sites for hydroxylation is 7. The van der Waals surface area contributed by atoms with Crippen molar-refractivity contribution in [2.24, 2.45) is 0 Å². The molecular weight excluding hydrogens is 681 g/mol. The summed E-state index contributed by atoms with van der Waals surface area (Å²) in [7, 11) is 1.70. The van der Waals surface area contributed by atoms with Gasteiger partial charge in [0.2, 0.25) is 0 Å². The van der Waals surface area contributed by atoms with Gasteiger partial charge in [-0.15, -0.1) is 0 Å². The number of ether oxygens (including phenoxy) is 3. The molecule has 0 aliphatic heterocycles. The van der Waals surface area contributed by atoms with Crippen molar-refractivity contribution < 1.29 is 23.0 Å². The van der Waals surface area contributed by atoms with E-state index in [1.807, 2.05) is 13.0 Å². The van der Waals surface area contributed by atoms with E-state index in [2.05, 4.69) is 133 Å². The number of furan rings is 2. The van der Waals surface area contributed by atoms with E-state index in [4.69, 9.17) is 23.0 Å². The minimum atomic E-state index is 0.835. The van der Waals surface area contributed by atoms with Crippen molar-refractivity contribution in [3.63, 3.8) is 0 Å². The smallest absolute Gasteiger partial charge is 0.135 e. The minimum absolute atomic E-state index is 0.835. The molecule has 0 aliphatic carbocycles. The SMILES string of the molecule is CCCCc1ccc(Oc2cc3c(cc2C)oc2cc(C)c(Oc4ccc(CCCC)cc4)cc23)cc1.COc1cc2c(cc1C)oc1cc(C)c(C)cc12. The topological polar surface area (TPSA) is 54.0 Å². The summed E-state index contributed by atoms with van der Waals surface area (Å²) in [6.07, 6.45) is 7.03. The molecule has 0 radical (unpaired) electrons. The van der Waals surface area contributed by atoms with E-state index in [1.54, 1.807) is 7.11 Å². The summed E-state index contributed by atoms with van der Waals surface area (Å²) >= 11 is 0. The van der Waals surface area contributed by atoms with Crippen molar-refractivity contribution in [1.82, 2.24) is 0 Å². The van der Waals surface area contributed by atoms with Crippen LogP contribution >= 0.6 is 0 Å². The summed E-state index contributed by atoms with van der Waals surface area (Å²) in [5, 5.41) is 4.33. The van der Waals surface area contributed by atoms with Crippen molar-refractivity contribution in [1.29, 1.82) is 0 Å². The summed E-state index contributed by atoms with van der Waals surface area (Å²) in [5.41, 5.74) is 12.0. The molecule has 2 aromatic heterocycles. The first kappa shape index (κ1) is 37.6. The lowest BCUT2D eigenvalue weighted by atomic mass is 10.0. The Labute approximate surface area is 324 Å². The summed E-state index contributed by atoms with van der Waals surface area (Å²) in [4.78, 5) is 0. The highest BCUT2D eigenvalue weighted by Gasteiger charge is 2.15. The van der Waals surface area contributed by atoms with Gasteiger partial charge in [-0.1, -0.05) is 51.0 Å². The lowest BCUT2D eigenvalue weighted by Crippen LogP contribution is -1.90. The molecule has 2 heterocycles. The summed E-state index contributed by atoms with van der Waals surface area (Å²) in [6.45, 7) is 14.8. The van der Waals surface area contributed by atoms with E-state index >= 15 is 0 Å². The Morgan fingerprint density at radius 2 is 0.764 bits per heavy atom. The first-order valence-electron chi connectivity index (χ1n) is 19.6. The zero-order valence-corrected chi connectivity index (χ0v) is 33.5. The Morgan fingerprint density at radius 1 is 0.418 bits per heavy atom. The summed E-state index contributed by atoms with van der Waals surface area (Å²) in [5.74, 6) is 4.27. The van der Waals surface area contributed by atoms with Gasteiger partial charge in [0.05, 0.1) is 7.11 Å². The van der Waals surface area contributed by atoms with Gasteiger partial charge in [0.15, 0.2) is 0 Å². The second kappa shape index (κ2) is 16.4. The van der Waals surface area contributed by atoms with Crippen LogP contribution in [-0.4, -0.2) is 7.11 Å². The van der Waals surface area contributed by atoms with Gasteiger partial charge in [0.25, 0.3) is 0 Å². The summed E-state index contributed by atoms with van der Waals surface area (Å²) in [6, 6.07) is 33.6. The maximum absolute atomic E-state index is 6.31. The fraction of sp³-hybridized carbons (Fsp3) is 0.280. The quantitative estimate of drug-likeness (QED) is 0.133. The second-order valence-corrected chi connectivity index (χ2v) is 14.9. The van der Waals surface area contributed by atoms with Gasteiger partial charge in [-0.05, 0) is 172 Å².